The third-order valence-corrected chi connectivity index (χ3v) is 1.41. The zero-order valence-corrected chi connectivity index (χ0v) is 6.43. The Labute approximate surface area is 72.2 Å². The normalized spacial score (nSPS) is 12.4. The average Bonchev–Trinajstić information content (AvgIpc) is 2.08. The van der Waals surface area contributed by atoms with Crippen LogP contribution in [0.1, 0.15) is 11.8 Å². The van der Waals surface area contributed by atoms with Crippen molar-refractivity contribution in [3.63, 3.8) is 0 Å². The van der Waals surface area contributed by atoms with Gasteiger partial charge in [0.15, 0.2) is 11.8 Å². The highest BCUT2D eigenvalue weighted by molar-refractivity contribution is 5.74. The fourth-order valence-electron chi connectivity index (χ4n) is 0.704. The quantitative estimate of drug-likeness (QED) is 0.568. The molecular formula is C7H7NO5. The summed E-state index contributed by atoms with van der Waals surface area (Å²) < 4.78 is 4.61. The maximum atomic E-state index is 10.8. The molecule has 0 bridgehead atoms. The molecule has 13 heavy (non-hydrogen) atoms. The van der Waals surface area contributed by atoms with Crippen LogP contribution < -0.4 is 11.2 Å². The van der Waals surface area contributed by atoms with Gasteiger partial charge >= 0.3 is 5.97 Å². The lowest BCUT2D eigenvalue weighted by Gasteiger charge is -2.03. The molecule has 0 fully saturated rings. The number of aromatic hydroxyl groups is 1. The molecule has 6 nitrogen and oxygen atoms in total. The minimum atomic E-state index is -1.40. The molecule has 1 aromatic rings. The monoisotopic (exact) mass is 185 g/mol. The van der Waals surface area contributed by atoms with Crippen LogP contribution in [-0.2, 0) is 4.79 Å². The van der Waals surface area contributed by atoms with E-state index < -0.39 is 23.2 Å². The fraction of sp³-hybridized carbons (Fsp3) is 0.143. The van der Waals surface area contributed by atoms with Crippen molar-refractivity contribution < 1.29 is 19.4 Å². The van der Waals surface area contributed by atoms with Crippen LogP contribution in [0.2, 0.25) is 0 Å². The van der Waals surface area contributed by atoms with Gasteiger partial charge in [0, 0.05) is 6.07 Å². The molecular weight excluding hydrogens is 178 g/mol. The summed E-state index contributed by atoms with van der Waals surface area (Å²) in [6.45, 7) is 0. The second kappa shape index (κ2) is 3.28. The van der Waals surface area contributed by atoms with Gasteiger partial charge in [0.05, 0.1) is 0 Å². The SMILES string of the molecule is NC(C(=O)O)c1cc(=O)c(O)co1. The first kappa shape index (κ1) is 9.27. The van der Waals surface area contributed by atoms with E-state index in [0.717, 1.165) is 12.3 Å². The van der Waals surface area contributed by atoms with Crippen LogP contribution in [0.15, 0.2) is 21.5 Å². The number of rotatable bonds is 2. The molecule has 70 valence electrons. The van der Waals surface area contributed by atoms with Crippen molar-refractivity contribution in [2.75, 3.05) is 0 Å². The van der Waals surface area contributed by atoms with Crippen molar-refractivity contribution in [3.8, 4) is 5.75 Å². The van der Waals surface area contributed by atoms with Crippen molar-refractivity contribution in [2.45, 2.75) is 6.04 Å². The maximum Gasteiger partial charge on any atom is 0.328 e. The van der Waals surface area contributed by atoms with Gasteiger partial charge in [0.2, 0.25) is 5.43 Å². The van der Waals surface area contributed by atoms with Crippen LogP contribution in [0, 0.1) is 0 Å². The fourth-order valence-corrected chi connectivity index (χ4v) is 0.704. The Kier molecular flexibility index (Phi) is 2.34. The summed E-state index contributed by atoms with van der Waals surface area (Å²) in [6, 6.07) is -0.554. The van der Waals surface area contributed by atoms with E-state index in [9.17, 15) is 9.59 Å². The Morgan fingerprint density at radius 3 is 2.69 bits per heavy atom. The van der Waals surface area contributed by atoms with Crippen LogP contribution in [0.4, 0.5) is 0 Å². The van der Waals surface area contributed by atoms with E-state index in [0.29, 0.717) is 0 Å². The molecule has 0 aliphatic carbocycles. The van der Waals surface area contributed by atoms with Gasteiger partial charge in [0.25, 0.3) is 0 Å². The highest BCUT2D eigenvalue weighted by Crippen LogP contribution is 2.10. The van der Waals surface area contributed by atoms with E-state index >= 15 is 0 Å². The van der Waals surface area contributed by atoms with Crippen LogP contribution >= 0.6 is 0 Å². The number of carboxylic acids is 1. The molecule has 6 heteroatoms. The highest BCUT2D eigenvalue weighted by Gasteiger charge is 2.17. The third kappa shape index (κ3) is 1.85. The molecule has 1 aromatic heterocycles. The summed E-state index contributed by atoms with van der Waals surface area (Å²) in [5.74, 6) is -2.09. The van der Waals surface area contributed by atoms with Crippen molar-refractivity contribution in [1.29, 1.82) is 0 Å². The molecule has 0 saturated carbocycles. The lowest BCUT2D eigenvalue weighted by atomic mass is 10.2. The molecule has 0 amide bonds. The molecule has 0 saturated heterocycles. The minimum Gasteiger partial charge on any atom is -0.502 e. The van der Waals surface area contributed by atoms with Gasteiger partial charge in [0.1, 0.15) is 12.0 Å². The largest absolute Gasteiger partial charge is 0.502 e. The van der Waals surface area contributed by atoms with Gasteiger partial charge in [-0.3, -0.25) is 9.59 Å². The number of nitrogens with two attached hydrogens (primary N) is 1. The van der Waals surface area contributed by atoms with E-state index in [-0.39, 0.29) is 5.76 Å². The minimum absolute atomic E-state index is 0.199. The van der Waals surface area contributed by atoms with Crippen LogP contribution in [0.25, 0.3) is 0 Å². The van der Waals surface area contributed by atoms with E-state index in [4.69, 9.17) is 15.9 Å². The lowest BCUT2D eigenvalue weighted by Crippen LogP contribution is -2.21. The number of carboxylic acid groups (broad SMARTS) is 1. The summed E-state index contributed by atoms with van der Waals surface area (Å²) >= 11 is 0. The first-order valence-electron chi connectivity index (χ1n) is 3.32. The Morgan fingerprint density at radius 2 is 2.23 bits per heavy atom. The van der Waals surface area contributed by atoms with Gasteiger partial charge in [-0.05, 0) is 0 Å². The third-order valence-electron chi connectivity index (χ3n) is 1.41. The Morgan fingerprint density at radius 1 is 1.62 bits per heavy atom. The summed E-state index contributed by atoms with van der Waals surface area (Å²) in [7, 11) is 0. The Bertz CT molecular complexity index is 383. The van der Waals surface area contributed by atoms with Gasteiger partial charge < -0.3 is 20.4 Å². The van der Waals surface area contributed by atoms with Crippen molar-refractivity contribution >= 4 is 5.97 Å². The summed E-state index contributed by atoms with van der Waals surface area (Å²) in [4.78, 5) is 21.2. The highest BCUT2D eigenvalue weighted by atomic mass is 16.4. The first-order chi connectivity index (χ1) is 6.02. The smallest absolute Gasteiger partial charge is 0.328 e. The number of hydrogen-bond acceptors (Lipinski definition) is 5. The van der Waals surface area contributed by atoms with Gasteiger partial charge in [-0.1, -0.05) is 0 Å². The Hall–Kier alpha value is -1.82. The van der Waals surface area contributed by atoms with Gasteiger partial charge in [-0.15, -0.1) is 0 Å². The van der Waals surface area contributed by atoms with E-state index in [1.807, 2.05) is 0 Å². The summed E-state index contributed by atoms with van der Waals surface area (Å²) in [5.41, 5.74) is 4.42. The molecule has 1 rings (SSSR count). The van der Waals surface area contributed by atoms with Crippen LogP contribution in [0.3, 0.4) is 0 Å². The van der Waals surface area contributed by atoms with E-state index in [1.54, 1.807) is 0 Å². The second-order valence-corrected chi connectivity index (χ2v) is 2.35. The van der Waals surface area contributed by atoms with Crippen LogP contribution in [0.5, 0.6) is 5.75 Å². The lowest BCUT2D eigenvalue weighted by molar-refractivity contribution is -0.139. The van der Waals surface area contributed by atoms with E-state index in [1.165, 1.54) is 0 Å². The zero-order chi connectivity index (χ0) is 10.0. The predicted molar refractivity (Wildman–Crippen MR) is 41.2 cm³/mol. The maximum absolute atomic E-state index is 10.8. The first-order valence-corrected chi connectivity index (χ1v) is 3.32. The second-order valence-electron chi connectivity index (χ2n) is 2.35. The van der Waals surface area contributed by atoms with E-state index in [2.05, 4.69) is 4.42 Å². The average molecular weight is 185 g/mol. The standard InChI is InChI=1S/C7H7NO5/c8-6(7(11)12)5-1-3(9)4(10)2-13-5/h1-2,6,10H,8H2,(H,11,12). The predicted octanol–water partition coefficient (Wildman–Crippen LogP) is -0.570. The van der Waals surface area contributed by atoms with Gasteiger partial charge in [-0.2, -0.15) is 0 Å². The molecule has 0 aliphatic rings. The van der Waals surface area contributed by atoms with Crippen molar-refractivity contribution in [2.24, 2.45) is 5.73 Å². The molecule has 0 aromatic carbocycles. The molecule has 0 aliphatic heterocycles. The van der Waals surface area contributed by atoms with Crippen molar-refractivity contribution in [3.05, 3.63) is 28.3 Å². The summed E-state index contributed by atoms with van der Waals surface area (Å²) in [5, 5.41) is 17.2. The topological polar surface area (TPSA) is 114 Å². The molecule has 0 spiro atoms. The molecule has 4 N–H and O–H groups in total. The van der Waals surface area contributed by atoms with Crippen LogP contribution in [-0.4, -0.2) is 16.2 Å². The summed E-state index contributed by atoms with van der Waals surface area (Å²) in [6.07, 6.45) is 0.750. The molecule has 1 atom stereocenters. The van der Waals surface area contributed by atoms with Crippen molar-refractivity contribution in [1.82, 2.24) is 0 Å². The Balaban J connectivity index is 3.11. The van der Waals surface area contributed by atoms with Gasteiger partial charge in [-0.25, -0.2) is 0 Å². The molecule has 0 radical (unpaired) electrons. The number of hydrogen-bond donors (Lipinski definition) is 3. The number of aliphatic carboxylic acids is 1. The molecule has 1 unspecified atom stereocenters. The number of carbonyl (C=O) groups is 1. The zero-order valence-electron chi connectivity index (χ0n) is 6.43. The molecule has 1 heterocycles.